The van der Waals surface area contributed by atoms with Crippen molar-refractivity contribution in [2.45, 2.75) is 39.2 Å². The van der Waals surface area contributed by atoms with Crippen molar-refractivity contribution < 1.29 is 4.39 Å². The highest BCUT2D eigenvalue weighted by Crippen LogP contribution is 2.19. The molecule has 1 fully saturated rings. The van der Waals surface area contributed by atoms with Crippen LogP contribution < -0.4 is 10.6 Å². The number of hydrogen-bond acceptors (Lipinski definition) is 2. The minimum Gasteiger partial charge on any atom is -0.361 e. The van der Waals surface area contributed by atoms with E-state index < -0.39 is 0 Å². The average Bonchev–Trinajstić information content (AvgIpc) is 3.05. The number of likely N-dealkylation sites (tertiary alicyclic amines) is 1. The number of nitrogens with zero attached hydrogens (tertiary/aromatic N) is 2. The molecule has 0 amide bonds. The minimum absolute atomic E-state index is 0. The van der Waals surface area contributed by atoms with Gasteiger partial charge in [-0.1, -0.05) is 12.2 Å². The fraction of sp³-hybridized carbons (Fsp3) is 0.500. The van der Waals surface area contributed by atoms with Crippen molar-refractivity contribution >= 4 is 40.8 Å². The normalized spacial score (nSPS) is 15.9. The van der Waals surface area contributed by atoms with E-state index in [1.54, 1.807) is 12.1 Å². The number of aromatic amines is 1. The van der Waals surface area contributed by atoms with Crippen LogP contribution in [0, 0.1) is 5.82 Å². The van der Waals surface area contributed by atoms with E-state index in [2.05, 4.69) is 40.9 Å². The van der Waals surface area contributed by atoms with Crippen LogP contribution in [0.2, 0.25) is 0 Å². The Morgan fingerprint density at radius 2 is 2.10 bits per heavy atom. The number of benzene rings is 1. The minimum atomic E-state index is -0.204. The quantitative estimate of drug-likeness (QED) is 0.227. The van der Waals surface area contributed by atoms with E-state index >= 15 is 0 Å². The van der Waals surface area contributed by atoms with Crippen LogP contribution in [0.4, 0.5) is 4.39 Å². The van der Waals surface area contributed by atoms with Gasteiger partial charge in [-0.2, -0.15) is 0 Å². The Morgan fingerprint density at radius 3 is 2.79 bits per heavy atom. The van der Waals surface area contributed by atoms with Crippen molar-refractivity contribution in [2.75, 3.05) is 32.7 Å². The second-order valence-corrected chi connectivity index (χ2v) is 7.67. The summed E-state index contributed by atoms with van der Waals surface area (Å²) in [5.41, 5.74) is 3.28. The third-order valence-electron chi connectivity index (χ3n) is 5.15. The molecule has 5 nitrogen and oxygen atoms in total. The van der Waals surface area contributed by atoms with Gasteiger partial charge in [-0.15, -0.1) is 24.0 Å². The van der Waals surface area contributed by atoms with Crippen LogP contribution in [-0.2, 0) is 6.42 Å². The molecule has 0 radical (unpaired) electrons. The molecule has 0 saturated carbocycles. The summed E-state index contributed by atoms with van der Waals surface area (Å²) in [7, 11) is 0. The molecule has 3 rings (SSSR count). The molecule has 2 aromatic rings. The number of fused-ring (bicyclic) bond motifs is 1. The van der Waals surface area contributed by atoms with Gasteiger partial charge in [0.2, 0.25) is 0 Å². The Balaban J connectivity index is 0.00000300. The number of aliphatic imine (C=N–C) groups is 1. The summed E-state index contributed by atoms with van der Waals surface area (Å²) in [6, 6.07) is 5.30. The Hall–Kier alpha value is -1.61. The highest BCUT2D eigenvalue weighted by molar-refractivity contribution is 14.0. The van der Waals surface area contributed by atoms with Crippen molar-refractivity contribution in [2.24, 2.45) is 4.99 Å². The van der Waals surface area contributed by atoms with Crippen molar-refractivity contribution in [3.05, 3.63) is 47.9 Å². The second-order valence-electron chi connectivity index (χ2n) is 7.67. The number of guanidine groups is 1. The maximum Gasteiger partial charge on any atom is 0.191 e. The van der Waals surface area contributed by atoms with Gasteiger partial charge in [0.05, 0.1) is 0 Å². The molecule has 0 aliphatic carbocycles. The van der Waals surface area contributed by atoms with E-state index in [4.69, 9.17) is 4.99 Å². The summed E-state index contributed by atoms with van der Waals surface area (Å²) in [6.45, 7) is 12.8. The Bertz CT molecular complexity index is 824. The van der Waals surface area contributed by atoms with E-state index in [1.165, 1.54) is 11.6 Å². The molecular weight excluding hydrogens is 480 g/mol. The van der Waals surface area contributed by atoms with Gasteiger partial charge >= 0.3 is 0 Å². The summed E-state index contributed by atoms with van der Waals surface area (Å²) >= 11 is 0. The summed E-state index contributed by atoms with van der Waals surface area (Å²) in [4.78, 5) is 10.4. The van der Waals surface area contributed by atoms with Gasteiger partial charge in [0, 0.05) is 55.9 Å². The SMILES string of the molecule is C=C(C)CN1CCC(NC(=NCCc2c[nH]c3ccc(F)cc23)NCC)CC1.I. The molecule has 0 spiro atoms. The Kier molecular flexibility index (Phi) is 9.42. The number of hydrogen-bond donors (Lipinski definition) is 3. The number of aromatic nitrogens is 1. The van der Waals surface area contributed by atoms with E-state index in [-0.39, 0.29) is 29.8 Å². The van der Waals surface area contributed by atoms with Crippen molar-refractivity contribution in [3.8, 4) is 0 Å². The lowest BCUT2D eigenvalue weighted by Gasteiger charge is -2.33. The van der Waals surface area contributed by atoms with Gasteiger partial charge in [-0.25, -0.2) is 4.39 Å². The molecule has 0 unspecified atom stereocenters. The van der Waals surface area contributed by atoms with Crippen molar-refractivity contribution in [3.63, 3.8) is 0 Å². The zero-order valence-electron chi connectivity index (χ0n) is 17.4. The first-order valence-electron chi connectivity index (χ1n) is 10.2. The third-order valence-corrected chi connectivity index (χ3v) is 5.15. The highest BCUT2D eigenvalue weighted by Gasteiger charge is 2.19. The lowest BCUT2D eigenvalue weighted by molar-refractivity contribution is 0.221. The molecule has 2 heterocycles. The molecule has 7 heteroatoms. The number of rotatable bonds is 7. The molecule has 1 aliphatic rings. The van der Waals surface area contributed by atoms with Crippen LogP contribution in [0.15, 0.2) is 41.5 Å². The van der Waals surface area contributed by atoms with Gasteiger partial charge in [-0.3, -0.25) is 9.89 Å². The zero-order chi connectivity index (χ0) is 19.9. The largest absolute Gasteiger partial charge is 0.361 e. The molecule has 3 N–H and O–H groups in total. The van der Waals surface area contributed by atoms with Gasteiger partial charge in [0.1, 0.15) is 5.82 Å². The van der Waals surface area contributed by atoms with Gasteiger partial charge < -0.3 is 15.6 Å². The van der Waals surface area contributed by atoms with E-state index in [0.717, 1.165) is 67.9 Å². The number of halogens is 2. The fourth-order valence-corrected chi connectivity index (χ4v) is 3.78. The molecular formula is C22H33FIN5. The van der Waals surface area contributed by atoms with E-state index in [0.29, 0.717) is 12.6 Å². The van der Waals surface area contributed by atoms with Crippen LogP contribution in [-0.4, -0.2) is 54.6 Å². The molecule has 0 bridgehead atoms. The number of piperidine rings is 1. The first-order valence-corrected chi connectivity index (χ1v) is 10.2. The van der Waals surface area contributed by atoms with Crippen LogP contribution >= 0.6 is 24.0 Å². The predicted octanol–water partition coefficient (Wildman–Crippen LogP) is 4.06. The molecule has 1 aromatic heterocycles. The zero-order valence-corrected chi connectivity index (χ0v) is 19.8. The monoisotopic (exact) mass is 513 g/mol. The lowest BCUT2D eigenvalue weighted by Crippen LogP contribution is -2.48. The average molecular weight is 513 g/mol. The Morgan fingerprint density at radius 1 is 1.34 bits per heavy atom. The summed E-state index contributed by atoms with van der Waals surface area (Å²) in [6.07, 6.45) is 4.95. The standard InChI is InChI=1S/C22H32FN5.HI/c1-4-24-22(27-19-8-11-28(12-9-19)15-16(2)3)25-10-7-17-14-26-21-6-5-18(23)13-20(17)21;/h5-6,13-14,19,26H,2,4,7-12,15H2,1,3H3,(H2,24,25,27);1H. The van der Waals surface area contributed by atoms with Crippen molar-refractivity contribution in [1.82, 2.24) is 20.5 Å². The maximum atomic E-state index is 13.5. The van der Waals surface area contributed by atoms with Crippen molar-refractivity contribution in [1.29, 1.82) is 0 Å². The molecule has 1 aromatic carbocycles. The number of H-pyrrole nitrogens is 1. The summed E-state index contributed by atoms with van der Waals surface area (Å²) < 4.78 is 13.5. The molecule has 1 aliphatic heterocycles. The van der Waals surface area contributed by atoms with Gasteiger partial charge in [0.15, 0.2) is 5.96 Å². The van der Waals surface area contributed by atoms with E-state index in [1.807, 2.05) is 6.20 Å². The first kappa shape index (κ1) is 23.7. The molecule has 1 saturated heterocycles. The Labute approximate surface area is 190 Å². The second kappa shape index (κ2) is 11.5. The smallest absolute Gasteiger partial charge is 0.191 e. The van der Waals surface area contributed by atoms with Gasteiger partial charge in [-0.05, 0) is 56.9 Å². The van der Waals surface area contributed by atoms with E-state index in [9.17, 15) is 4.39 Å². The summed E-state index contributed by atoms with van der Waals surface area (Å²) in [5, 5.41) is 7.86. The fourth-order valence-electron chi connectivity index (χ4n) is 3.78. The third kappa shape index (κ3) is 6.99. The topological polar surface area (TPSA) is 55.5 Å². The van der Waals surface area contributed by atoms with Crippen LogP contribution in [0.3, 0.4) is 0 Å². The number of nitrogens with one attached hydrogen (secondary N) is 3. The molecule has 29 heavy (non-hydrogen) atoms. The lowest BCUT2D eigenvalue weighted by atomic mass is 10.0. The van der Waals surface area contributed by atoms with Crippen LogP contribution in [0.25, 0.3) is 10.9 Å². The maximum absolute atomic E-state index is 13.5. The summed E-state index contributed by atoms with van der Waals surface area (Å²) in [5.74, 6) is 0.664. The predicted molar refractivity (Wildman–Crippen MR) is 131 cm³/mol. The highest BCUT2D eigenvalue weighted by atomic mass is 127. The molecule has 160 valence electrons. The molecule has 0 atom stereocenters. The van der Waals surface area contributed by atoms with Crippen LogP contribution in [0.1, 0.15) is 32.3 Å². The van der Waals surface area contributed by atoms with Crippen LogP contribution in [0.5, 0.6) is 0 Å². The van der Waals surface area contributed by atoms with Gasteiger partial charge in [0.25, 0.3) is 0 Å². The first-order chi connectivity index (χ1) is 13.5.